The van der Waals surface area contributed by atoms with Gasteiger partial charge in [-0.3, -0.25) is 9.69 Å². The number of amides is 1. The molecular weight excluding hydrogens is 271 g/mol. The van der Waals surface area contributed by atoms with Crippen molar-refractivity contribution < 1.29 is 13.9 Å². The van der Waals surface area contributed by atoms with Gasteiger partial charge in [-0.1, -0.05) is 12.1 Å². The van der Waals surface area contributed by atoms with Crippen LogP contribution >= 0.6 is 0 Å². The molecule has 116 valence electrons. The minimum atomic E-state index is -0.269. The number of carbonyl (C=O) groups is 1. The molecule has 1 aromatic rings. The molecule has 21 heavy (non-hydrogen) atoms. The Morgan fingerprint density at radius 2 is 1.90 bits per heavy atom. The Kier molecular flexibility index (Phi) is 5.31. The largest absolute Gasteiger partial charge is 0.373 e. The molecule has 1 aliphatic heterocycles. The number of halogens is 1. The highest BCUT2D eigenvalue weighted by atomic mass is 19.1. The second-order valence-electron chi connectivity index (χ2n) is 5.73. The van der Waals surface area contributed by atoms with Gasteiger partial charge < -0.3 is 10.1 Å². The minimum Gasteiger partial charge on any atom is -0.373 e. The molecule has 0 radical (unpaired) electrons. The van der Waals surface area contributed by atoms with Crippen LogP contribution in [-0.4, -0.2) is 42.1 Å². The molecule has 5 heteroatoms. The molecule has 0 spiro atoms. The summed E-state index contributed by atoms with van der Waals surface area (Å²) < 4.78 is 18.5. The molecule has 0 saturated carbocycles. The van der Waals surface area contributed by atoms with Crippen LogP contribution < -0.4 is 5.32 Å². The molecule has 0 unspecified atom stereocenters. The fraction of sp³-hybridized carbons (Fsp3) is 0.562. The van der Waals surface area contributed by atoms with Gasteiger partial charge in [0, 0.05) is 19.6 Å². The van der Waals surface area contributed by atoms with E-state index >= 15 is 0 Å². The Balaban J connectivity index is 1.86. The summed E-state index contributed by atoms with van der Waals surface area (Å²) >= 11 is 0. The molecule has 0 aromatic heterocycles. The number of benzene rings is 1. The summed E-state index contributed by atoms with van der Waals surface area (Å²) in [6, 6.07) is 5.96. The highest BCUT2D eigenvalue weighted by Crippen LogP contribution is 2.13. The monoisotopic (exact) mass is 294 g/mol. The fourth-order valence-electron chi connectivity index (χ4n) is 2.64. The third-order valence-corrected chi connectivity index (χ3v) is 3.76. The van der Waals surface area contributed by atoms with Crippen LogP contribution in [0.1, 0.15) is 26.3 Å². The van der Waals surface area contributed by atoms with Gasteiger partial charge in [0.05, 0.1) is 18.2 Å². The lowest BCUT2D eigenvalue weighted by Crippen LogP contribution is -2.53. The van der Waals surface area contributed by atoms with E-state index in [-0.39, 0.29) is 30.0 Å². The van der Waals surface area contributed by atoms with E-state index in [2.05, 4.69) is 10.2 Å². The van der Waals surface area contributed by atoms with Gasteiger partial charge in [-0.25, -0.2) is 4.39 Å². The molecule has 0 bridgehead atoms. The average molecular weight is 294 g/mol. The first kappa shape index (κ1) is 15.9. The van der Waals surface area contributed by atoms with Gasteiger partial charge in [-0.15, -0.1) is 0 Å². The highest BCUT2D eigenvalue weighted by molar-refractivity contribution is 5.81. The lowest BCUT2D eigenvalue weighted by atomic mass is 10.1. The van der Waals surface area contributed by atoms with E-state index < -0.39 is 0 Å². The number of carbonyl (C=O) groups excluding carboxylic acids is 1. The molecule has 2 rings (SSSR count). The van der Waals surface area contributed by atoms with Gasteiger partial charge in [0.25, 0.3) is 0 Å². The molecule has 3 atom stereocenters. The molecule has 1 heterocycles. The van der Waals surface area contributed by atoms with Crippen LogP contribution in [0.2, 0.25) is 0 Å². The Morgan fingerprint density at radius 3 is 2.48 bits per heavy atom. The topological polar surface area (TPSA) is 41.6 Å². The maximum atomic E-state index is 12.8. The van der Waals surface area contributed by atoms with Crippen molar-refractivity contribution in [1.29, 1.82) is 0 Å². The number of nitrogens with one attached hydrogen (secondary N) is 1. The van der Waals surface area contributed by atoms with E-state index in [4.69, 9.17) is 4.74 Å². The predicted octanol–water partition coefficient (Wildman–Crippen LogP) is 1.94. The van der Waals surface area contributed by atoms with Crippen molar-refractivity contribution in [3.8, 4) is 0 Å². The minimum absolute atomic E-state index is 0.0133. The highest BCUT2D eigenvalue weighted by Gasteiger charge is 2.28. The summed E-state index contributed by atoms with van der Waals surface area (Å²) in [7, 11) is 0. The van der Waals surface area contributed by atoms with E-state index in [1.54, 1.807) is 12.1 Å². The van der Waals surface area contributed by atoms with Crippen molar-refractivity contribution >= 4 is 5.91 Å². The second kappa shape index (κ2) is 7.00. The van der Waals surface area contributed by atoms with Crippen LogP contribution in [0.4, 0.5) is 4.39 Å². The summed E-state index contributed by atoms with van der Waals surface area (Å²) in [6.07, 6.45) is 0.280. The third kappa shape index (κ3) is 4.51. The van der Waals surface area contributed by atoms with E-state index in [0.717, 1.165) is 18.7 Å². The number of hydrogen-bond donors (Lipinski definition) is 1. The van der Waals surface area contributed by atoms with Crippen LogP contribution in [-0.2, 0) is 16.1 Å². The zero-order valence-electron chi connectivity index (χ0n) is 12.8. The SMILES string of the molecule is C[C@@H]1CN([C@@H](C)C(=O)NCc2ccc(F)cc2)C[C@@H](C)O1. The standard InChI is InChI=1S/C16H23FN2O2/c1-11-9-19(10-12(2)21-11)13(3)16(20)18-8-14-4-6-15(17)7-5-14/h4-7,11-13H,8-10H2,1-3H3,(H,18,20)/t11-,12-,13+/m1/s1. The Bertz CT molecular complexity index is 468. The van der Waals surface area contributed by atoms with Crippen LogP contribution in [0.3, 0.4) is 0 Å². The molecule has 1 fully saturated rings. The Hall–Kier alpha value is -1.46. The van der Waals surface area contributed by atoms with Gasteiger partial charge in [-0.2, -0.15) is 0 Å². The fourth-order valence-corrected chi connectivity index (χ4v) is 2.64. The van der Waals surface area contributed by atoms with E-state index in [9.17, 15) is 9.18 Å². The maximum absolute atomic E-state index is 12.8. The van der Waals surface area contributed by atoms with Gasteiger partial charge in [0.1, 0.15) is 5.82 Å². The molecule has 1 amide bonds. The van der Waals surface area contributed by atoms with Crippen LogP contribution in [0, 0.1) is 5.82 Å². The Labute approximate surface area is 125 Å². The van der Waals surface area contributed by atoms with Crippen LogP contribution in [0.5, 0.6) is 0 Å². The molecule has 4 nitrogen and oxygen atoms in total. The number of rotatable bonds is 4. The first-order valence-corrected chi connectivity index (χ1v) is 7.37. The van der Waals surface area contributed by atoms with Crippen LogP contribution in [0.15, 0.2) is 24.3 Å². The summed E-state index contributed by atoms with van der Waals surface area (Å²) in [5.74, 6) is -0.282. The van der Waals surface area contributed by atoms with Crippen molar-refractivity contribution in [2.24, 2.45) is 0 Å². The van der Waals surface area contributed by atoms with E-state index in [0.29, 0.717) is 6.54 Å². The maximum Gasteiger partial charge on any atom is 0.237 e. The number of ether oxygens (including phenoxy) is 1. The summed E-state index contributed by atoms with van der Waals surface area (Å²) in [5, 5.41) is 2.90. The first-order valence-electron chi connectivity index (χ1n) is 7.37. The lowest BCUT2D eigenvalue weighted by Gasteiger charge is -2.38. The predicted molar refractivity (Wildman–Crippen MR) is 79.3 cm³/mol. The average Bonchev–Trinajstić information content (AvgIpc) is 2.44. The molecular formula is C16H23FN2O2. The molecule has 1 N–H and O–H groups in total. The summed E-state index contributed by atoms with van der Waals surface area (Å²) in [4.78, 5) is 14.4. The smallest absolute Gasteiger partial charge is 0.237 e. The van der Waals surface area contributed by atoms with E-state index in [1.165, 1.54) is 12.1 Å². The zero-order valence-corrected chi connectivity index (χ0v) is 12.8. The second-order valence-corrected chi connectivity index (χ2v) is 5.73. The summed E-state index contributed by atoms with van der Waals surface area (Å²) in [6.45, 7) is 7.88. The van der Waals surface area contributed by atoms with Crippen molar-refractivity contribution in [2.75, 3.05) is 13.1 Å². The number of hydrogen-bond acceptors (Lipinski definition) is 3. The van der Waals surface area contributed by atoms with Gasteiger partial charge in [-0.05, 0) is 38.5 Å². The van der Waals surface area contributed by atoms with Crippen molar-refractivity contribution in [2.45, 2.75) is 45.6 Å². The Morgan fingerprint density at radius 1 is 1.33 bits per heavy atom. The van der Waals surface area contributed by atoms with Gasteiger partial charge in [0.15, 0.2) is 0 Å². The van der Waals surface area contributed by atoms with Crippen molar-refractivity contribution in [1.82, 2.24) is 10.2 Å². The van der Waals surface area contributed by atoms with Gasteiger partial charge >= 0.3 is 0 Å². The molecule has 1 aliphatic rings. The summed E-state index contributed by atoms with van der Waals surface area (Å²) in [5.41, 5.74) is 0.890. The number of morpholine rings is 1. The molecule has 1 saturated heterocycles. The number of nitrogens with zero attached hydrogens (tertiary/aromatic N) is 1. The van der Waals surface area contributed by atoms with Crippen molar-refractivity contribution in [3.05, 3.63) is 35.6 Å². The molecule has 0 aliphatic carbocycles. The van der Waals surface area contributed by atoms with Crippen molar-refractivity contribution in [3.63, 3.8) is 0 Å². The molecule has 1 aromatic carbocycles. The lowest BCUT2D eigenvalue weighted by molar-refractivity contribution is -0.131. The first-order chi connectivity index (χ1) is 9.95. The zero-order chi connectivity index (χ0) is 15.4. The quantitative estimate of drug-likeness (QED) is 0.923. The normalized spacial score (nSPS) is 24.6. The van der Waals surface area contributed by atoms with Gasteiger partial charge in [0.2, 0.25) is 5.91 Å². The van der Waals surface area contributed by atoms with E-state index in [1.807, 2.05) is 20.8 Å². The van der Waals surface area contributed by atoms with Crippen LogP contribution in [0.25, 0.3) is 0 Å². The third-order valence-electron chi connectivity index (χ3n) is 3.76.